The second-order valence-electron chi connectivity index (χ2n) is 8.27. The standard InChI is InChI=1S/C15H21N3/c1-8-5-16-13-4-7-3-12(7)18(13)15-11-2-9(11)6-17(15)14(16)10(1)8/h7-15H,1-6H2. The van der Waals surface area contributed by atoms with E-state index in [2.05, 4.69) is 14.7 Å². The second kappa shape index (κ2) is 2.43. The third-order valence-electron chi connectivity index (χ3n) is 7.44. The van der Waals surface area contributed by atoms with Crippen LogP contribution in [0.4, 0.5) is 0 Å². The molecule has 0 aromatic heterocycles. The highest BCUT2D eigenvalue weighted by Crippen LogP contribution is 2.65. The number of fused-ring (bicyclic) bond motifs is 12. The molecule has 3 saturated carbocycles. The summed E-state index contributed by atoms with van der Waals surface area (Å²) < 4.78 is 0. The summed E-state index contributed by atoms with van der Waals surface area (Å²) in [6.45, 7) is 2.88. The van der Waals surface area contributed by atoms with Gasteiger partial charge in [0.1, 0.15) is 0 Å². The lowest BCUT2D eigenvalue weighted by Crippen LogP contribution is -2.68. The molecule has 4 aliphatic heterocycles. The number of piperidine rings is 3. The van der Waals surface area contributed by atoms with Gasteiger partial charge in [0.05, 0.1) is 18.5 Å². The van der Waals surface area contributed by atoms with E-state index in [1.807, 2.05) is 0 Å². The maximum Gasteiger partial charge on any atom is 0.0684 e. The van der Waals surface area contributed by atoms with Gasteiger partial charge in [-0.1, -0.05) is 0 Å². The molecule has 0 N–H and O–H groups in total. The monoisotopic (exact) mass is 243 g/mol. The van der Waals surface area contributed by atoms with E-state index < -0.39 is 0 Å². The quantitative estimate of drug-likeness (QED) is 0.628. The van der Waals surface area contributed by atoms with Gasteiger partial charge < -0.3 is 0 Å². The van der Waals surface area contributed by atoms with Gasteiger partial charge in [-0.15, -0.1) is 0 Å². The van der Waals surface area contributed by atoms with E-state index >= 15 is 0 Å². The average molecular weight is 243 g/mol. The summed E-state index contributed by atoms with van der Waals surface area (Å²) in [5, 5.41) is 0. The molecule has 0 aromatic rings. The van der Waals surface area contributed by atoms with Crippen molar-refractivity contribution in [1.29, 1.82) is 0 Å². The van der Waals surface area contributed by atoms with Crippen molar-refractivity contribution in [1.82, 2.24) is 14.7 Å². The van der Waals surface area contributed by atoms with E-state index in [1.54, 1.807) is 12.8 Å². The van der Waals surface area contributed by atoms with Gasteiger partial charge in [-0.2, -0.15) is 0 Å². The Morgan fingerprint density at radius 3 is 2.33 bits per heavy atom. The summed E-state index contributed by atoms with van der Waals surface area (Å²) >= 11 is 0. The van der Waals surface area contributed by atoms with Crippen LogP contribution in [-0.2, 0) is 0 Å². The Morgan fingerprint density at radius 2 is 1.44 bits per heavy atom. The number of nitrogens with zero attached hydrogens (tertiary/aromatic N) is 3. The molecule has 18 heavy (non-hydrogen) atoms. The molecule has 7 aliphatic rings. The number of hydrogen-bond acceptors (Lipinski definition) is 3. The van der Waals surface area contributed by atoms with E-state index in [4.69, 9.17) is 0 Å². The molecular weight excluding hydrogens is 222 g/mol. The molecule has 7 rings (SSSR count). The first kappa shape index (κ1) is 8.93. The van der Waals surface area contributed by atoms with Gasteiger partial charge in [0.15, 0.2) is 0 Å². The van der Waals surface area contributed by atoms with Crippen molar-refractivity contribution >= 4 is 0 Å². The van der Waals surface area contributed by atoms with Crippen LogP contribution in [0.5, 0.6) is 0 Å². The Labute approximate surface area is 108 Å². The molecule has 0 aromatic carbocycles. The third kappa shape index (κ3) is 0.810. The molecule has 4 heterocycles. The van der Waals surface area contributed by atoms with Crippen LogP contribution in [0.2, 0.25) is 0 Å². The Morgan fingerprint density at radius 1 is 0.667 bits per heavy atom. The van der Waals surface area contributed by atoms with Gasteiger partial charge >= 0.3 is 0 Å². The second-order valence-corrected chi connectivity index (χ2v) is 8.27. The lowest BCUT2D eigenvalue weighted by atomic mass is 10.1. The molecule has 4 saturated heterocycles. The van der Waals surface area contributed by atoms with E-state index in [1.165, 1.54) is 25.9 Å². The topological polar surface area (TPSA) is 9.72 Å². The highest BCUT2D eigenvalue weighted by Gasteiger charge is 2.71. The molecule has 0 radical (unpaired) electrons. The smallest absolute Gasteiger partial charge is 0.0684 e. The first-order valence-corrected chi connectivity index (χ1v) is 8.19. The van der Waals surface area contributed by atoms with Crippen molar-refractivity contribution in [3.63, 3.8) is 0 Å². The highest BCUT2D eigenvalue weighted by atomic mass is 15.6. The molecule has 96 valence electrons. The van der Waals surface area contributed by atoms with E-state index in [-0.39, 0.29) is 0 Å². The fourth-order valence-corrected chi connectivity index (χ4v) is 6.48. The summed E-state index contributed by atoms with van der Waals surface area (Å²) in [6.07, 6.45) is 8.80. The lowest BCUT2D eigenvalue weighted by molar-refractivity contribution is -0.154. The van der Waals surface area contributed by atoms with Gasteiger partial charge in [-0.3, -0.25) is 14.7 Å². The van der Waals surface area contributed by atoms with Crippen LogP contribution >= 0.6 is 0 Å². The Kier molecular flexibility index (Phi) is 1.20. The third-order valence-corrected chi connectivity index (χ3v) is 7.44. The zero-order valence-electron chi connectivity index (χ0n) is 10.8. The predicted octanol–water partition coefficient (Wildman–Crippen LogP) is 0.976. The van der Waals surface area contributed by atoms with E-state index in [0.717, 1.165) is 54.1 Å². The minimum atomic E-state index is 0.868. The molecule has 7 fully saturated rings. The predicted molar refractivity (Wildman–Crippen MR) is 66.3 cm³/mol. The molecule has 0 bridgehead atoms. The SMILES string of the molecule is C1C2CN3C(C12)N1CC2CC2C1N1C2CC2CC31. The van der Waals surface area contributed by atoms with Crippen molar-refractivity contribution in [3.8, 4) is 0 Å². The fraction of sp³-hybridized carbons (Fsp3) is 1.00. The number of hydrogen-bond donors (Lipinski definition) is 0. The Balaban J connectivity index is 1.39. The maximum atomic E-state index is 3.00. The summed E-state index contributed by atoms with van der Waals surface area (Å²) in [5.74, 6) is 5.41. The normalized spacial score (nSPS) is 71.0. The zero-order chi connectivity index (χ0) is 11.2. The molecule has 9 unspecified atom stereocenters. The highest BCUT2D eigenvalue weighted by molar-refractivity contribution is 5.20. The van der Waals surface area contributed by atoms with Crippen LogP contribution in [0, 0.1) is 29.6 Å². The molecule has 3 heteroatoms. The van der Waals surface area contributed by atoms with Crippen LogP contribution < -0.4 is 0 Å². The Bertz CT molecular complexity index is 465. The van der Waals surface area contributed by atoms with Gasteiger partial charge in [0, 0.05) is 19.1 Å². The molecule has 9 atom stereocenters. The summed E-state index contributed by atoms with van der Waals surface area (Å²) in [7, 11) is 0. The van der Waals surface area contributed by atoms with Gasteiger partial charge in [0.2, 0.25) is 0 Å². The van der Waals surface area contributed by atoms with Crippen LogP contribution in [0.1, 0.15) is 25.7 Å². The average Bonchev–Trinajstić information content (AvgIpc) is 3.32. The lowest BCUT2D eigenvalue weighted by Gasteiger charge is -2.54. The summed E-state index contributed by atoms with van der Waals surface area (Å²) in [6, 6.07) is 1.000. The summed E-state index contributed by atoms with van der Waals surface area (Å²) in [4.78, 5) is 8.91. The Hall–Kier alpha value is -0.120. The molecule has 0 spiro atoms. The molecule has 3 nitrogen and oxygen atoms in total. The molecule has 3 aliphatic carbocycles. The maximum absolute atomic E-state index is 3.00. The van der Waals surface area contributed by atoms with Crippen LogP contribution in [0.15, 0.2) is 0 Å². The van der Waals surface area contributed by atoms with E-state index in [0.29, 0.717) is 0 Å². The van der Waals surface area contributed by atoms with Gasteiger partial charge in [-0.05, 0) is 55.3 Å². The first-order valence-electron chi connectivity index (χ1n) is 8.19. The first-order chi connectivity index (χ1) is 8.90. The van der Waals surface area contributed by atoms with Crippen molar-refractivity contribution in [2.75, 3.05) is 13.1 Å². The van der Waals surface area contributed by atoms with Crippen molar-refractivity contribution in [2.45, 2.75) is 50.2 Å². The number of rotatable bonds is 0. The van der Waals surface area contributed by atoms with Crippen LogP contribution in [0.25, 0.3) is 0 Å². The van der Waals surface area contributed by atoms with Crippen LogP contribution in [-0.4, -0.2) is 52.3 Å². The van der Waals surface area contributed by atoms with Gasteiger partial charge in [0.25, 0.3) is 0 Å². The van der Waals surface area contributed by atoms with E-state index in [9.17, 15) is 0 Å². The minimum Gasteiger partial charge on any atom is -0.271 e. The molecule has 0 amide bonds. The summed E-state index contributed by atoms with van der Waals surface area (Å²) in [5.41, 5.74) is 0. The van der Waals surface area contributed by atoms with Crippen molar-refractivity contribution in [3.05, 3.63) is 0 Å². The van der Waals surface area contributed by atoms with Gasteiger partial charge in [-0.25, -0.2) is 0 Å². The fourth-order valence-electron chi connectivity index (χ4n) is 6.48. The van der Waals surface area contributed by atoms with Crippen LogP contribution in [0.3, 0.4) is 0 Å². The van der Waals surface area contributed by atoms with Crippen molar-refractivity contribution < 1.29 is 0 Å². The minimum absolute atomic E-state index is 0.868. The molecular formula is C15H21N3. The zero-order valence-corrected chi connectivity index (χ0v) is 10.8. The largest absolute Gasteiger partial charge is 0.271 e. The van der Waals surface area contributed by atoms with Crippen molar-refractivity contribution in [2.24, 2.45) is 29.6 Å².